The van der Waals surface area contributed by atoms with Crippen LogP contribution in [0.4, 0.5) is 26.3 Å². The second kappa shape index (κ2) is 8.55. The van der Waals surface area contributed by atoms with E-state index < -0.39 is 18.5 Å². The number of nitrogens with zero attached hydrogens (tertiary/aromatic N) is 2. The van der Waals surface area contributed by atoms with Gasteiger partial charge in [-0.2, -0.15) is 5.26 Å². The molecule has 1 heterocycles. The first-order chi connectivity index (χ1) is 14.5. The molecular formula is C21H12F6N2O2. The van der Waals surface area contributed by atoms with Crippen molar-refractivity contribution in [2.24, 2.45) is 0 Å². The monoisotopic (exact) mass is 438 g/mol. The number of rotatable bonds is 5. The van der Waals surface area contributed by atoms with E-state index in [9.17, 15) is 26.3 Å². The zero-order valence-corrected chi connectivity index (χ0v) is 15.5. The summed E-state index contributed by atoms with van der Waals surface area (Å²) in [6.07, 6.45) is -8.19. The zero-order valence-electron chi connectivity index (χ0n) is 15.5. The Labute approximate surface area is 172 Å². The van der Waals surface area contributed by atoms with Crippen LogP contribution in [0.15, 0.2) is 60.8 Å². The molecule has 1 aromatic heterocycles. The van der Waals surface area contributed by atoms with E-state index in [1.165, 1.54) is 30.5 Å². The molecule has 31 heavy (non-hydrogen) atoms. The SMILES string of the molecule is N#CCc1cc(-c2ccc(OC(F)(F)F)cc2)cnc1-c1ccc(OC(F)(F)F)cc1. The van der Waals surface area contributed by atoms with Gasteiger partial charge in [-0.1, -0.05) is 12.1 Å². The molecule has 0 saturated carbocycles. The molecule has 0 atom stereocenters. The minimum absolute atomic E-state index is 0.0355. The second-order valence-electron chi connectivity index (χ2n) is 6.21. The summed E-state index contributed by atoms with van der Waals surface area (Å²) in [4.78, 5) is 4.30. The van der Waals surface area contributed by atoms with Crippen LogP contribution in [0.5, 0.6) is 11.5 Å². The lowest BCUT2D eigenvalue weighted by molar-refractivity contribution is -0.275. The van der Waals surface area contributed by atoms with E-state index in [0.717, 1.165) is 24.3 Å². The number of halogens is 6. The van der Waals surface area contributed by atoms with Crippen molar-refractivity contribution < 1.29 is 35.8 Å². The molecule has 2 aromatic carbocycles. The third-order valence-corrected chi connectivity index (χ3v) is 4.02. The molecule has 0 aliphatic rings. The van der Waals surface area contributed by atoms with Gasteiger partial charge in [0.25, 0.3) is 0 Å². The van der Waals surface area contributed by atoms with Gasteiger partial charge in [-0.3, -0.25) is 4.98 Å². The number of benzene rings is 2. The van der Waals surface area contributed by atoms with E-state index in [0.29, 0.717) is 27.9 Å². The van der Waals surface area contributed by atoms with Crippen LogP contribution in [0.2, 0.25) is 0 Å². The van der Waals surface area contributed by atoms with Gasteiger partial charge in [-0.15, -0.1) is 26.3 Å². The molecule has 0 bridgehead atoms. The summed E-state index contributed by atoms with van der Waals surface area (Å²) in [6, 6.07) is 13.8. The highest BCUT2D eigenvalue weighted by atomic mass is 19.4. The highest BCUT2D eigenvalue weighted by molar-refractivity contribution is 5.71. The Balaban J connectivity index is 1.89. The Morgan fingerprint density at radius 2 is 1.23 bits per heavy atom. The summed E-state index contributed by atoms with van der Waals surface area (Å²) in [5.74, 6) is -0.768. The molecule has 0 unspecified atom stereocenters. The van der Waals surface area contributed by atoms with Crippen LogP contribution in [0.1, 0.15) is 5.56 Å². The summed E-state index contributed by atoms with van der Waals surface area (Å²) in [7, 11) is 0. The average Bonchev–Trinajstić information content (AvgIpc) is 2.67. The van der Waals surface area contributed by atoms with Crippen LogP contribution in [0, 0.1) is 11.3 Å². The molecular weight excluding hydrogens is 426 g/mol. The van der Waals surface area contributed by atoms with E-state index in [1.807, 2.05) is 6.07 Å². The topological polar surface area (TPSA) is 55.1 Å². The fourth-order valence-corrected chi connectivity index (χ4v) is 2.81. The van der Waals surface area contributed by atoms with Crippen molar-refractivity contribution in [1.29, 1.82) is 5.26 Å². The number of hydrogen-bond acceptors (Lipinski definition) is 4. The normalized spacial score (nSPS) is 11.6. The largest absolute Gasteiger partial charge is 0.573 e. The Morgan fingerprint density at radius 3 is 1.68 bits per heavy atom. The molecule has 0 saturated heterocycles. The summed E-state index contributed by atoms with van der Waals surface area (Å²) in [5.41, 5.74) is 2.45. The minimum Gasteiger partial charge on any atom is -0.406 e. The number of aromatic nitrogens is 1. The van der Waals surface area contributed by atoms with Gasteiger partial charge in [0.2, 0.25) is 0 Å². The van der Waals surface area contributed by atoms with Crippen LogP contribution in [0.3, 0.4) is 0 Å². The number of nitriles is 1. The van der Waals surface area contributed by atoms with Crippen molar-refractivity contribution in [3.63, 3.8) is 0 Å². The van der Waals surface area contributed by atoms with Gasteiger partial charge in [0, 0.05) is 17.3 Å². The lowest BCUT2D eigenvalue weighted by Crippen LogP contribution is -2.17. The second-order valence-corrected chi connectivity index (χ2v) is 6.21. The van der Waals surface area contributed by atoms with Crippen LogP contribution in [-0.4, -0.2) is 17.7 Å². The maximum Gasteiger partial charge on any atom is 0.573 e. The number of ether oxygens (including phenoxy) is 2. The smallest absolute Gasteiger partial charge is 0.406 e. The maximum absolute atomic E-state index is 12.3. The molecule has 4 nitrogen and oxygen atoms in total. The molecule has 0 aliphatic carbocycles. The Hall–Kier alpha value is -3.74. The van der Waals surface area contributed by atoms with Crippen molar-refractivity contribution in [2.45, 2.75) is 19.1 Å². The van der Waals surface area contributed by atoms with Crippen LogP contribution in [0.25, 0.3) is 22.4 Å². The standard InChI is InChI=1S/C21H12F6N2O2/c22-20(23,24)30-17-5-1-13(2-6-17)16-11-15(9-10-28)19(29-12-16)14-3-7-18(8-4-14)31-21(25,26)27/h1-8,11-12H,9H2. The molecule has 160 valence electrons. The fraction of sp³-hybridized carbons (Fsp3) is 0.143. The van der Waals surface area contributed by atoms with Gasteiger partial charge in [0.1, 0.15) is 11.5 Å². The molecule has 0 N–H and O–H groups in total. The Bertz CT molecular complexity index is 1090. The quantitative estimate of drug-likeness (QED) is 0.440. The average molecular weight is 438 g/mol. The maximum atomic E-state index is 12.3. The van der Waals surface area contributed by atoms with Crippen molar-refractivity contribution in [2.75, 3.05) is 0 Å². The molecule has 0 fully saturated rings. The summed E-state index contributed by atoms with van der Waals surface area (Å²) >= 11 is 0. The summed E-state index contributed by atoms with van der Waals surface area (Å²) < 4.78 is 81.4. The molecule has 3 aromatic rings. The van der Waals surface area contributed by atoms with E-state index in [2.05, 4.69) is 14.5 Å². The number of alkyl halides is 6. The van der Waals surface area contributed by atoms with Crippen molar-refractivity contribution in [1.82, 2.24) is 4.98 Å². The van der Waals surface area contributed by atoms with Gasteiger partial charge in [0.15, 0.2) is 0 Å². The predicted molar refractivity (Wildman–Crippen MR) is 97.8 cm³/mol. The molecule has 0 radical (unpaired) electrons. The fourth-order valence-electron chi connectivity index (χ4n) is 2.81. The molecule has 0 spiro atoms. The van der Waals surface area contributed by atoms with Gasteiger partial charge in [-0.05, 0) is 53.6 Å². The third kappa shape index (κ3) is 6.12. The molecule has 0 aliphatic heterocycles. The van der Waals surface area contributed by atoms with Crippen LogP contribution in [-0.2, 0) is 6.42 Å². The first kappa shape index (κ1) is 22.0. The van der Waals surface area contributed by atoms with Gasteiger partial charge in [-0.25, -0.2) is 0 Å². The summed E-state index contributed by atoms with van der Waals surface area (Å²) in [5, 5.41) is 9.12. The Morgan fingerprint density at radius 1 is 0.742 bits per heavy atom. The van der Waals surface area contributed by atoms with Gasteiger partial charge < -0.3 is 9.47 Å². The highest BCUT2D eigenvalue weighted by Gasteiger charge is 2.31. The van der Waals surface area contributed by atoms with E-state index >= 15 is 0 Å². The number of pyridine rings is 1. The lowest BCUT2D eigenvalue weighted by atomic mass is 9.99. The Kier molecular flexibility index (Phi) is 6.06. The van der Waals surface area contributed by atoms with Gasteiger partial charge in [0.05, 0.1) is 18.2 Å². The zero-order chi connectivity index (χ0) is 22.6. The van der Waals surface area contributed by atoms with E-state index in [4.69, 9.17) is 5.26 Å². The van der Waals surface area contributed by atoms with Crippen molar-refractivity contribution in [3.8, 4) is 40.0 Å². The molecule has 3 rings (SSSR count). The first-order valence-corrected chi connectivity index (χ1v) is 8.62. The van der Waals surface area contributed by atoms with Crippen molar-refractivity contribution in [3.05, 3.63) is 66.4 Å². The van der Waals surface area contributed by atoms with Crippen LogP contribution >= 0.6 is 0 Å². The van der Waals surface area contributed by atoms with Gasteiger partial charge >= 0.3 is 12.7 Å². The van der Waals surface area contributed by atoms with E-state index in [-0.39, 0.29) is 12.2 Å². The first-order valence-electron chi connectivity index (χ1n) is 8.62. The van der Waals surface area contributed by atoms with Crippen LogP contribution < -0.4 is 9.47 Å². The van der Waals surface area contributed by atoms with E-state index in [1.54, 1.807) is 6.07 Å². The lowest BCUT2D eigenvalue weighted by Gasteiger charge is -2.12. The minimum atomic E-state index is -4.81. The van der Waals surface area contributed by atoms with Crippen molar-refractivity contribution >= 4 is 0 Å². The molecule has 0 amide bonds. The molecule has 10 heteroatoms. The predicted octanol–water partition coefficient (Wildman–Crippen LogP) is 6.28. The number of hydrogen-bond donors (Lipinski definition) is 0. The summed E-state index contributed by atoms with van der Waals surface area (Å²) in [6.45, 7) is 0. The third-order valence-electron chi connectivity index (χ3n) is 4.02. The highest BCUT2D eigenvalue weighted by Crippen LogP contribution is 2.31.